The number of hydrogen-bond acceptors (Lipinski definition) is 3. The van der Waals surface area contributed by atoms with Crippen LogP contribution in [0.5, 0.6) is 0 Å². The summed E-state index contributed by atoms with van der Waals surface area (Å²) in [6, 6.07) is 20.0. The van der Waals surface area contributed by atoms with Crippen molar-refractivity contribution in [3.05, 3.63) is 83.6 Å². The summed E-state index contributed by atoms with van der Waals surface area (Å²) < 4.78 is 5.34. The summed E-state index contributed by atoms with van der Waals surface area (Å²) >= 11 is 0. The third-order valence-corrected chi connectivity index (χ3v) is 3.80. The number of carbonyl (C=O) groups excluding carboxylic acids is 1. The predicted octanol–water partition coefficient (Wildman–Crippen LogP) is 4.62. The normalized spacial score (nSPS) is 12.8. The van der Waals surface area contributed by atoms with Gasteiger partial charge in [0.25, 0.3) is 0 Å². The molecule has 0 unspecified atom stereocenters. The van der Waals surface area contributed by atoms with Crippen LogP contribution < -0.4 is 5.32 Å². The third-order valence-electron chi connectivity index (χ3n) is 3.80. The Labute approximate surface area is 144 Å². The zero-order chi connectivity index (χ0) is 17.4. The molecule has 0 amide bonds. The lowest BCUT2D eigenvalue weighted by atomic mass is 10.1. The van der Waals surface area contributed by atoms with E-state index in [-0.39, 0.29) is 24.5 Å². The summed E-state index contributed by atoms with van der Waals surface area (Å²) in [5, 5.41) is 3.42. The summed E-state index contributed by atoms with van der Waals surface area (Å²) in [4.78, 5) is 12.1. The van der Waals surface area contributed by atoms with Crippen LogP contribution in [0.3, 0.4) is 0 Å². The lowest BCUT2D eigenvalue weighted by Crippen LogP contribution is -2.22. The van der Waals surface area contributed by atoms with Gasteiger partial charge in [0, 0.05) is 17.8 Å². The second kappa shape index (κ2) is 8.92. The molecule has 0 aliphatic carbocycles. The van der Waals surface area contributed by atoms with Crippen molar-refractivity contribution in [2.45, 2.75) is 33.4 Å². The molecule has 0 saturated carbocycles. The molecular weight excluding hydrogens is 298 g/mol. The van der Waals surface area contributed by atoms with Crippen molar-refractivity contribution in [3.8, 4) is 0 Å². The monoisotopic (exact) mass is 323 g/mol. The van der Waals surface area contributed by atoms with Gasteiger partial charge < -0.3 is 10.1 Å². The van der Waals surface area contributed by atoms with Crippen LogP contribution in [-0.4, -0.2) is 5.97 Å². The van der Waals surface area contributed by atoms with Crippen molar-refractivity contribution >= 4 is 5.97 Å². The molecule has 2 aromatic carbocycles. The van der Waals surface area contributed by atoms with Gasteiger partial charge in [-0.15, -0.1) is 0 Å². The average Bonchev–Trinajstić information content (AvgIpc) is 2.61. The maximum atomic E-state index is 12.1. The second-order valence-electron chi connectivity index (χ2n) is 6.12. The first kappa shape index (κ1) is 17.8. The van der Waals surface area contributed by atoms with Crippen LogP contribution in [0.15, 0.2) is 72.4 Å². The van der Waals surface area contributed by atoms with Crippen molar-refractivity contribution in [1.29, 1.82) is 0 Å². The van der Waals surface area contributed by atoms with Gasteiger partial charge in [-0.25, -0.2) is 4.79 Å². The molecule has 0 radical (unpaired) electrons. The standard InChI is InChI=1S/C21H25NO2/c1-16(2)20(22-17(3)19-12-8-5-9-13-19)14-21(23)24-15-18-10-6-4-7-11-18/h4-14,16-17,22H,15H2,1-3H3/b20-14-/t17-/m1/s1. The summed E-state index contributed by atoms with van der Waals surface area (Å²) in [5.74, 6) is -0.115. The number of carbonyl (C=O) groups is 1. The Kier molecular flexibility index (Phi) is 6.62. The van der Waals surface area contributed by atoms with Gasteiger partial charge in [-0.2, -0.15) is 0 Å². The first-order chi connectivity index (χ1) is 11.6. The maximum absolute atomic E-state index is 12.1. The van der Waals surface area contributed by atoms with Gasteiger partial charge in [-0.1, -0.05) is 74.5 Å². The van der Waals surface area contributed by atoms with Gasteiger partial charge in [0.2, 0.25) is 0 Å². The van der Waals surface area contributed by atoms with Crippen molar-refractivity contribution in [3.63, 3.8) is 0 Å². The van der Waals surface area contributed by atoms with Gasteiger partial charge in [-0.05, 0) is 24.0 Å². The Balaban J connectivity index is 1.98. The Morgan fingerprint density at radius 2 is 1.58 bits per heavy atom. The zero-order valence-corrected chi connectivity index (χ0v) is 14.5. The maximum Gasteiger partial charge on any atom is 0.332 e. The Morgan fingerprint density at radius 1 is 1.00 bits per heavy atom. The molecule has 126 valence electrons. The van der Waals surface area contributed by atoms with Gasteiger partial charge in [-0.3, -0.25) is 0 Å². The lowest BCUT2D eigenvalue weighted by molar-refractivity contribution is -0.139. The quantitative estimate of drug-likeness (QED) is 0.597. The number of nitrogens with one attached hydrogen (secondary N) is 1. The molecule has 0 aliphatic rings. The molecule has 1 atom stereocenters. The van der Waals surface area contributed by atoms with Crippen molar-refractivity contribution in [1.82, 2.24) is 5.32 Å². The molecule has 3 nitrogen and oxygen atoms in total. The molecule has 2 rings (SSSR count). The predicted molar refractivity (Wildman–Crippen MR) is 97.2 cm³/mol. The highest BCUT2D eigenvalue weighted by Gasteiger charge is 2.12. The molecule has 0 bridgehead atoms. The van der Waals surface area contributed by atoms with Crippen molar-refractivity contribution < 1.29 is 9.53 Å². The van der Waals surface area contributed by atoms with E-state index in [0.29, 0.717) is 0 Å². The lowest BCUT2D eigenvalue weighted by Gasteiger charge is -2.21. The van der Waals surface area contributed by atoms with Crippen LogP contribution in [0, 0.1) is 5.92 Å². The Hall–Kier alpha value is -2.55. The van der Waals surface area contributed by atoms with Crippen molar-refractivity contribution in [2.75, 3.05) is 0 Å². The Morgan fingerprint density at radius 3 is 2.17 bits per heavy atom. The molecule has 0 aliphatic heterocycles. The van der Waals surface area contributed by atoms with Gasteiger partial charge in [0.15, 0.2) is 0 Å². The first-order valence-corrected chi connectivity index (χ1v) is 8.30. The molecule has 0 saturated heterocycles. The fourth-order valence-corrected chi connectivity index (χ4v) is 2.35. The minimum absolute atomic E-state index is 0.127. The molecule has 0 spiro atoms. The number of rotatable bonds is 7. The molecule has 0 heterocycles. The largest absolute Gasteiger partial charge is 0.458 e. The highest BCUT2D eigenvalue weighted by atomic mass is 16.5. The molecule has 1 N–H and O–H groups in total. The summed E-state index contributed by atoms with van der Waals surface area (Å²) in [7, 11) is 0. The summed E-state index contributed by atoms with van der Waals surface area (Å²) in [5.41, 5.74) is 3.04. The number of esters is 1. The molecule has 0 aromatic heterocycles. The number of allylic oxidation sites excluding steroid dienone is 1. The number of ether oxygens (including phenoxy) is 1. The van der Waals surface area contributed by atoms with E-state index in [1.54, 1.807) is 6.08 Å². The highest BCUT2D eigenvalue weighted by Crippen LogP contribution is 2.17. The van der Waals surface area contributed by atoms with E-state index in [9.17, 15) is 4.79 Å². The van der Waals surface area contributed by atoms with E-state index in [1.165, 1.54) is 5.56 Å². The Bertz CT molecular complexity index is 663. The van der Waals surface area contributed by atoms with Crippen molar-refractivity contribution in [2.24, 2.45) is 5.92 Å². The van der Waals surface area contributed by atoms with E-state index >= 15 is 0 Å². The second-order valence-corrected chi connectivity index (χ2v) is 6.12. The fraction of sp³-hybridized carbons (Fsp3) is 0.286. The van der Waals surface area contributed by atoms with Gasteiger partial charge >= 0.3 is 5.97 Å². The van der Waals surface area contributed by atoms with Gasteiger partial charge in [0.1, 0.15) is 6.61 Å². The molecule has 3 heteroatoms. The first-order valence-electron chi connectivity index (χ1n) is 8.30. The molecule has 24 heavy (non-hydrogen) atoms. The minimum atomic E-state index is -0.324. The highest BCUT2D eigenvalue weighted by molar-refractivity contribution is 5.82. The zero-order valence-electron chi connectivity index (χ0n) is 14.5. The SMILES string of the molecule is CC(C)/C(=C/C(=O)OCc1ccccc1)N[C@H](C)c1ccccc1. The van der Waals surface area contributed by atoms with Crippen LogP contribution in [0.25, 0.3) is 0 Å². The molecule has 0 fully saturated rings. The van der Waals surface area contributed by atoms with Crippen LogP contribution >= 0.6 is 0 Å². The summed E-state index contributed by atoms with van der Waals surface area (Å²) in [6.07, 6.45) is 1.56. The minimum Gasteiger partial charge on any atom is -0.458 e. The number of benzene rings is 2. The van der Waals surface area contributed by atoms with Crippen LogP contribution in [0.2, 0.25) is 0 Å². The molecule has 2 aromatic rings. The van der Waals surface area contributed by atoms with E-state index in [0.717, 1.165) is 11.3 Å². The van der Waals surface area contributed by atoms with E-state index in [1.807, 2.05) is 48.5 Å². The van der Waals surface area contributed by atoms with Gasteiger partial charge in [0.05, 0.1) is 0 Å². The third kappa shape index (κ3) is 5.58. The summed E-state index contributed by atoms with van der Waals surface area (Å²) in [6.45, 7) is 6.48. The fourth-order valence-electron chi connectivity index (χ4n) is 2.35. The number of hydrogen-bond donors (Lipinski definition) is 1. The van der Waals surface area contributed by atoms with E-state index in [2.05, 4.69) is 38.2 Å². The van der Waals surface area contributed by atoms with E-state index in [4.69, 9.17) is 4.74 Å². The average molecular weight is 323 g/mol. The molecular formula is C21H25NO2. The smallest absolute Gasteiger partial charge is 0.332 e. The van der Waals surface area contributed by atoms with Crippen LogP contribution in [0.4, 0.5) is 0 Å². The topological polar surface area (TPSA) is 38.3 Å². The van der Waals surface area contributed by atoms with Crippen LogP contribution in [-0.2, 0) is 16.1 Å². The van der Waals surface area contributed by atoms with Crippen LogP contribution in [0.1, 0.15) is 37.9 Å². The van der Waals surface area contributed by atoms with E-state index < -0.39 is 0 Å².